The summed E-state index contributed by atoms with van der Waals surface area (Å²) in [5, 5.41) is 12.5. The van der Waals surface area contributed by atoms with Gasteiger partial charge in [0.2, 0.25) is 0 Å². The van der Waals surface area contributed by atoms with Gasteiger partial charge in [-0.25, -0.2) is 4.98 Å². The Morgan fingerprint density at radius 2 is 1.92 bits per heavy atom. The SMILES string of the molecule is CN=C(NCCCNC(=O)c1cccs1)NCCc1nc(C)c(C)s1.I. The topological polar surface area (TPSA) is 78.4 Å². The number of nitrogens with zero attached hydrogens (tertiary/aromatic N) is 2. The zero-order chi connectivity index (χ0) is 18.1. The molecular weight excluding hydrogens is 481 g/mol. The lowest BCUT2D eigenvalue weighted by atomic mass is 10.4. The van der Waals surface area contributed by atoms with Crippen LogP contribution < -0.4 is 16.0 Å². The molecule has 2 heterocycles. The third kappa shape index (κ3) is 7.58. The molecule has 0 radical (unpaired) electrons. The van der Waals surface area contributed by atoms with Crippen molar-refractivity contribution in [3.63, 3.8) is 0 Å². The highest BCUT2D eigenvalue weighted by Crippen LogP contribution is 2.16. The first-order valence-corrected chi connectivity index (χ1v) is 9.99. The van der Waals surface area contributed by atoms with E-state index in [9.17, 15) is 4.79 Å². The standard InChI is InChI=1S/C17H25N5OS2.HI/c1-12-13(2)25-15(22-12)7-10-21-17(18-3)20-9-5-8-19-16(23)14-6-4-11-24-14;/h4,6,11H,5,7-10H2,1-3H3,(H,19,23)(H2,18,20,21);1H. The Balaban J connectivity index is 0.00000338. The fourth-order valence-electron chi connectivity index (χ4n) is 2.15. The maximum absolute atomic E-state index is 11.8. The summed E-state index contributed by atoms with van der Waals surface area (Å²) in [4.78, 5) is 22.6. The molecule has 0 atom stereocenters. The summed E-state index contributed by atoms with van der Waals surface area (Å²) >= 11 is 3.20. The van der Waals surface area contributed by atoms with Gasteiger partial charge in [0.25, 0.3) is 5.91 Å². The largest absolute Gasteiger partial charge is 0.356 e. The van der Waals surface area contributed by atoms with E-state index in [1.54, 1.807) is 18.4 Å². The normalized spacial score (nSPS) is 11.0. The van der Waals surface area contributed by atoms with E-state index in [1.807, 2.05) is 24.4 Å². The van der Waals surface area contributed by atoms with Crippen molar-refractivity contribution in [3.05, 3.63) is 38.0 Å². The molecule has 0 aliphatic carbocycles. The number of guanidine groups is 1. The van der Waals surface area contributed by atoms with Gasteiger partial charge in [-0.1, -0.05) is 6.07 Å². The quantitative estimate of drug-likeness (QED) is 0.222. The van der Waals surface area contributed by atoms with E-state index in [-0.39, 0.29) is 29.9 Å². The number of hydrogen-bond acceptors (Lipinski definition) is 5. The number of carbonyl (C=O) groups excluding carboxylic acids is 1. The summed E-state index contributed by atoms with van der Waals surface area (Å²) in [5.74, 6) is 0.765. The lowest BCUT2D eigenvalue weighted by Gasteiger charge is -2.11. The van der Waals surface area contributed by atoms with Crippen LogP contribution in [0.15, 0.2) is 22.5 Å². The summed E-state index contributed by atoms with van der Waals surface area (Å²) < 4.78 is 0. The van der Waals surface area contributed by atoms with Gasteiger partial charge >= 0.3 is 0 Å². The van der Waals surface area contributed by atoms with Crippen LogP contribution >= 0.6 is 46.7 Å². The van der Waals surface area contributed by atoms with Crippen LogP contribution in [-0.2, 0) is 6.42 Å². The number of rotatable bonds is 8. The Morgan fingerprint density at radius 3 is 2.54 bits per heavy atom. The highest BCUT2D eigenvalue weighted by atomic mass is 127. The van der Waals surface area contributed by atoms with E-state index < -0.39 is 0 Å². The number of aliphatic imine (C=N–C) groups is 1. The summed E-state index contributed by atoms with van der Waals surface area (Å²) in [6, 6.07) is 3.71. The predicted octanol–water partition coefficient (Wildman–Crippen LogP) is 2.97. The third-order valence-electron chi connectivity index (χ3n) is 3.60. The van der Waals surface area contributed by atoms with Crippen molar-refractivity contribution in [1.82, 2.24) is 20.9 Å². The van der Waals surface area contributed by atoms with Crippen LogP contribution in [0.3, 0.4) is 0 Å². The van der Waals surface area contributed by atoms with E-state index in [2.05, 4.69) is 32.9 Å². The van der Waals surface area contributed by atoms with E-state index in [0.29, 0.717) is 6.54 Å². The van der Waals surface area contributed by atoms with E-state index in [1.165, 1.54) is 16.2 Å². The highest BCUT2D eigenvalue weighted by molar-refractivity contribution is 14.0. The number of aromatic nitrogens is 1. The smallest absolute Gasteiger partial charge is 0.261 e. The van der Waals surface area contributed by atoms with Gasteiger partial charge < -0.3 is 16.0 Å². The number of aryl methyl sites for hydroxylation is 2. The molecule has 26 heavy (non-hydrogen) atoms. The second-order valence-electron chi connectivity index (χ2n) is 5.51. The van der Waals surface area contributed by atoms with Crippen LogP contribution in [0, 0.1) is 13.8 Å². The highest BCUT2D eigenvalue weighted by Gasteiger charge is 2.05. The van der Waals surface area contributed by atoms with Gasteiger partial charge in [-0.05, 0) is 31.7 Å². The number of hydrogen-bond donors (Lipinski definition) is 3. The average molecular weight is 507 g/mol. The molecule has 0 unspecified atom stereocenters. The molecule has 0 aliphatic rings. The number of thiophene rings is 1. The van der Waals surface area contributed by atoms with Crippen molar-refractivity contribution < 1.29 is 4.79 Å². The fraction of sp³-hybridized carbons (Fsp3) is 0.471. The summed E-state index contributed by atoms with van der Waals surface area (Å²) in [6.07, 6.45) is 1.72. The average Bonchev–Trinajstić information content (AvgIpc) is 3.23. The van der Waals surface area contributed by atoms with Gasteiger partial charge in [0, 0.05) is 38.0 Å². The van der Waals surface area contributed by atoms with Crippen molar-refractivity contribution in [2.45, 2.75) is 26.7 Å². The molecule has 3 N–H and O–H groups in total. The molecule has 0 saturated carbocycles. The van der Waals surface area contributed by atoms with Crippen LogP contribution in [0.5, 0.6) is 0 Å². The van der Waals surface area contributed by atoms with Crippen LogP contribution in [0.2, 0.25) is 0 Å². The Kier molecular flexibility index (Phi) is 10.7. The number of carbonyl (C=O) groups is 1. The van der Waals surface area contributed by atoms with Crippen LogP contribution in [0.1, 0.15) is 31.7 Å². The van der Waals surface area contributed by atoms with E-state index >= 15 is 0 Å². The molecule has 9 heteroatoms. The first-order valence-electron chi connectivity index (χ1n) is 8.29. The van der Waals surface area contributed by atoms with Crippen LogP contribution in [0.4, 0.5) is 0 Å². The summed E-state index contributed by atoms with van der Waals surface area (Å²) in [6.45, 7) is 6.32. The molecule has 0 saturated heterocycles. The van der Waals surface area contributed by atoms with Crippen molar-refractivity contribution in [2.24, 2.45) is 4.99 Å². The van der Waals surface area contributed by atoms with Gasteiger partial charge in [-0.2, -0.15) is 0 Å². The molecule has 0 aromatic carbocycles. The zero-order valence-electron chi connectivity index (χ0n) is 15.3. The molecule has 1 amide bonds. The number of amides is 1. The van der Waals surface area contributed by atoms with E-state index in [0.717, 1.165) is 47.5 Å². The molecule has 0 bridgehead atoms. The third-order valence-corrected chi connectivity index (χ3v) is 5.61. The maximum Gasteiger partial charge on any atom is 0.261 e. The molecule has 2 rings (SSSR count). The molecule has 0 aliphatic heterocycles. The van der Waals surface area contributed by atoms with Gasteiger partial charge in [0.1, 0.15) is 0 Å². The lowest BCUT2D eigenvalue weighted by molar-refractivity contribution is 0.0957. The molecule has 2 aromatic rings. The molecule has 0 fully saturated rings. The Labute approximate surface area is 179 Å². The molecule has 2 aromatic heterocycles. The van der Waals surface area contributed by atoms with Gasteiger partial charge in [0.05, 0.1) is 15.6 Å². The monoisotopic (exact) mass is 507 g/mol. The first-order chi connectivity index (χ1) is 12.1. The minimum absolute atomic E-state index is 0. The number of nitrogens with one attached hydrogen (secondary N) is 3. The zero-order valence-corrected chi connectivity index (χ0v) is 19.3. The molecule has 0 spiro atoms. The molecular formula is C17H26IN5OS2. The van der Waals surface area contributed by atoms with Gasteiger partial charge in [-0.15, -0.1) is 46.7 Å². The van der Waals surface area contributed by atoms with Gasteiger partial charge in [-0.3, -0.25) is 9.79 Å². The van der Waals surface area contributed by atoms with Crippen LogP contribution in [-0.4, -0.2) is 43.5 Å². The lowest BCUT2D eigenvalue weighted by Crippen LogP contribution is -2.39. The minimum atomic E-state index is -0.00783. The fourth-order valence-corrected chi connectivity index (χ4v) is 3.72. The van der Waals surface area contributed by atoms with Crippen molar-refractivity contribution in [2.75, 3.05) is 26.7 Å². The van der Waals surface area contributed by atoms with Crippen molar-refractivity contribution in [3.8, 4) is 0 Å². The molecule has 144 valence electrons. The van der Waals surface area contributed by atoms with Crippen molar-refractivity contribution in [1.29, 1.82) is 0 Å². The molecule has 6 nitrogen and oxygen atoms in total. The van der Waals surface area contributed by atoms with Crippen molar-refractivity contribution >= 4 is 58.5 Å². The van der Waals surface area contributed by atoms with Crippen LogP contribution in [0.25, 0.3) is 0 Å². The van der Waals surface area contributed by atoms with E-state index in [4.69, 9.17) is 0 Å². The summed E-state index contributed by atoms with van der Waals surface area (Å²) in [5.41, 5.74) is 1.12. The Hall–Kier alpha value is -1.20. The number of halogens is 1. The Bertz CT molecular complexity index is 681. The Morgan fingerprint density at radius 1 is 1.19 bits per heavy atom. The minimum Gasteiger partial charge on any atom is -0.356 e. The second-order valence-corrected chi connectivity index (χ2v) is 7.75. The number of thiazole rings is 1. The predicted molar refractivity (Wildman–Crippen MR) is 121 cm³/mol. The second kappa shape index (κ2) is 12.2. The van der Waals surface area contributed by atoms with Gasteiger partial charge in [0.15, 0.2) is 5.96 Å². The summed E-state index contributed by atoms with van der Waals surface area (Å²) in [7, 11) is 1.76. The maximum atomic E-state index is 11.8. The first kappa shape index (κ1) is 22.8.